The highest BCUT2D eigenvalue weighted by molar-refractivity contribution is 7.15. The van der Waals surface area contributed by atoms with Crippen LogP contribution in [0.3, 0.4) is 0 Å². The van der Waals surface area contributed by atoms with Crippen LogP contribution in [0.4, 0.5) is 5.13 Å². The quantitative estimate of drug-likeness (QED) is 0.837. The van der Waals surface area contributed by atoms with E-state index in [-0.39, 0.29) is 0 Å². The van der Waals surface area contributed by atoms with Crippen molar-refractivity contribution >= 4 is 16.5 Å². The van der Waals surface area contributed by atoms with Crippen LogP contribution in [0, 0.1) is 12.3 Å². The lowest BCUT2D eigenvalue weighted by Gasteiger charge is -2.38. The van der Waals surface area contributed by atoms with Crippen LogP contribution in [0.15, 0.2) is 0 Å². The van der Waals surface area contributed by atoms with Crippen molar-refractivity contribution in [1.29, 1.82) is 0 Å². The molecule has 3 nitrogen and oxygen atoms in total. The number of rotatable bonds is 6. The van der Waals surface area contributed by atoms with E-state index in [4.69, 9.17) is 4.98 Å². The van der Waals surface area contributed by atoms with Crippen molar-refractivity contribution in [2.45, 2.75) is 66.3 Å². The maximum absolute atomic E-state index is 4.84. The molecule has 21 heavy (non-hydrogen) atoms. The van der Waals surface area contributed by atoms with Gasteiger partial charge in [0.2, 0.25) is 0 Å². The molecule has 1 saturated heterocycles. The minimum Gasteiger partial charge on any atom is -0.348 e. The molecule has 2 heterocycles. The molecule has 1 atom stereocenters. The minimum atomic E-state index is 0.418. The Morgan fingerprint density at radius 3 is 2.57 bits per heavy atom. The summed E-state index contributed by atoms with van der Waals surface area (Å²) in [6.45, 7) is 14.8. The highest BCUT2D eigenvalue weighted by atomic mass is 32.1. The molecule has 0 radical (unpaired) electrons. The van der Waals surface area contributed by atoms with Crippen LogP contribution in [0.25, 0.3) is 0 Å². The summed E-state index contributed by atoms with van der Waals surface area (Å²) in [6.07, 6.45) is 5.06. The molecule has 2 rings (SSSR count). The fourth-order valence-corrected chi connectivity index (χ4v) is 4.12. The molecule has 1 unspecified atom stereocenters. The Hall–Kier alpha value is -0.610. The maximum atomic E-state index is 4.84. The third kappa shape index (κ3) is 3.98. The molecule has 120 valence electrons. The van der Waals surface area contributed by atoms with Gasteiger partial charge in [0.15, 0.2) is 5.13 Å². The summed E-state index contributed by atoms with van der Waals surface area (Å²) in [5.74, 6) is 0. The van der Waals surface area contributed by atoms with E-state index < -0.39 is 0 Å². The molecule has 1 aromatic rings. The Bertz CT molecular complexity index is 447. The van der Waals surface area contributed by atoms with Gasteiger partial charge in [0.1, 0.15) is 0 Å². The van der Waals surface area contributed by atoms with Gasteiger partial charge < -0.3 is 10.2 Å². The van der Waals surface area contributed by atoms with Gasteiger partial charge in [0.05, 0.1) is 5.69 Å². The summed E-state index contributed by atoms with van der Waals surface area (Å²) in [4.78, 5) is 8.74. The smallest absolute Gasteiger partial charge is 0.185 e. The zero-order chi connectivity index (χ0) is 15.5. The first-order chi connectivity index (χ1) is 9.99. The highest BCUT2D eigenvalue weighted by Gasteiger charge is 2.29. The van der Waals surface area contributed by atoms with Crippen molar-refractivity contribution in [3.63, 3.8) is 0 Å². The van der Waals surface area contributed by atoms with Crippen LogP contribution in [0.5, 0.6) is 0 Å². The molecule has 1 aromatic heterocycles. The van der Waals surface area contributed by atoms with Crippen LogP contribution < -0.4 is 10.2 Å². The predicted molar refractivity (Wildman–Crippen MR) is 93.4 cm³/mol. The monoisotopic (exact) mass is 309 g/mol. The molecule has 0 bridgehead atoms. The van der Waals surface area contributed by atoms with Crippen molar-refractivity contribution in [3.05, 3.63) is 10.6 Å². The van der Waals surface area contributed by atoms with Gasteiger partial charge in [-0.15, -0.1) is 11.3 Å². The highest BCUT2D eigenvalue weighted by Crippen LogP contribution is 2.38. The summed E-state index contributed by atoms with van der Waals surface area (Å²) >= 11 is 1.88. The number of anilines is 1. The third-order valence-electron chi connectivity index (χ3n) is 5.01. The van der Waals surface area contributed by atoms with Crippen molar-refractivity contribution < 1.29 is 0 Å². The number of aromatic nitrogens is 1. The first-order valence-electron chi connectivity index (χ1n) is 8.44. The molecule has 0 saturated carbocycles. The zero-order valence-electron chi connectivity index (χ0n) is 14.3. The predicted octanol–water partition coefficient (Wildman–Crippen LogP) is 4.53. The van der Waals surface area contributed by atoms with E-state index in [1.165, 1.54) is 41.4 Å². The molecule has 1 fully saturated rings. The fourth-order valence-electron chi connectivity index (χ4n) is 2.98. The topological polar surface area (TPSA) is 28.2 Å². The average molecular weight is 310 g/mol. The van der Waals surface area contributed by atoms with Gasteiger partial charge in [-0.2, -0.15) is 0 Å². The second kappa shape index (κ2) is 7.10. The summed E-state index contributed by atoms with van der Waals surface area (Å²) in [6, 6.07) is 0.418. The fraction of sp³-hybridized carbons (Fsp3) is 0.824. The third-order valence-corrected chi connectivity index (χ3v) is 6.41. The molecular formula is C17H31N3S. The molecule has 0 aliphatic carbocycles. The van der Waals surface area contributed by atoms with Crippen LogP contribution in [-0.2, 0) is 0 Å². The van der Waals surface area contributed by atoms with Gasteiger partial charge in [-0.05, 0) is 45.1 Å². The lowest BCUT2D eigenvalue weighted by atomic mass is 9.78. The average Bonchev–Trinajstić information content (AvgIpc) is 2.87. The number of hydrogen-bond acceptors (Lipinski definition) is 4. The SMILES string of the molecule is CCCNC(C)c1sc(N2CCC(C)(CC)CC2)nc1C. The molecule has 1 aliphatic heterocycles. The van der Waals surface area contributed by atoms with Gasteiger partial charge >= 0.3 is 0 Å². The minimum absolute atomic E-state index is 0.418. The molecular weight excluding hydrogens is 278 g/mol. The van der Waals surface area contributed by atoms with Crippen LogP contribution in [0.1, 0.15) is 70.0 Å². The Morgan fingerprint density at radius 1 is 1.33 bits per heavy atom. The Morgan fingerprint density at radius 2 is 2.00 bits per heavy atom. The Labute approximate surface area is 134 Å². The first kappa shape index (κ1) is 16.8. The van der Waals surface area contributed by atoms with E-state index in [9.17, 15) is 0 Å². The van der Waals surface area contributed by atoms with Crippen molar-refractivity contribution in [1.82, 2.24) is 10.3 Å². The van der Waals surface area contributed by atoms with Crippen LogP contribution >= 0.6 is 11.3 Å². The van der Waals surface area contributed by atoms with E-state index in [0.717, 1.165) is 19.6 Å². The van der Waals surface area contributed by atoms with E-state index in [0.29, 0.717) is 11.5 Å². The second-order valence-electron chi connectivity index (χ2n) is 6.77. The van der Waals surface area contributed by atoms with Crippen molar-refractivity contribution in [2.24, 2.45) is 5.41 Å². The van der Waals surface area contributed by atoms with E-state index in [2.05, 4.69) is 44.8 Å². The van der Waals surface area contributed by atoms with Gasteiger partial charge in [-0.25, -0.2) is 4.98 Å². The number of piperidine rings is 1. The zero-order valence-corrected chi connectivity index (χ0v) is 15.1. The normalized spacial score (nSPS) is 19.8. The van der Waals surface area contributed by atoms with E-state index >= 15 is 0 Å². The van der Waals surface area contributed by atoms with Crippen molar-refractivity contribution in [3.8, 4) is 0 Å². The molecule has 1 aliphatic rings. The van der Waals surface area contributed by atoms with Gasteiger partial charge in [0, 0.05) is 24.0 Å². The maximum Gasteiger partial charge on any atom is 0.185 e. The summed E-state index contributed by atoms with van der Waals surface area (Å²) in [5.41, 5.74) is 1.75. The van der Waals surface area contributed by atoms with Gasteiger partial charge in [-0.1, -0.05) is 27.2 Å². The largest absolute Gasteiger partial charge is 0.348 e. The van der Waals surface area contributed by atoms with Gasteiger partial charge in [0.25, 0.3) is 0 Å². The lowest BCUT2D eigenvalue weighted by Crippen LogP contribution is -2.38. The van der Waals surface area contributed by atoms with E-state index in [1.807, 2.05) is 11.3 Å². The molecule has 4 heteroatoms. The standard InChI is InChI=1S/C17H31N3S/c1-6-10-18-13(3)15-14(4)19-16(21-15)20-11-8-17(5,7-2)9-12-20/h13,18H,6-12H2,1-5H3. The first-order valence-corrected chi connectivity index (χ1v) is 9.26. The number of thiazole rings is 1. The number of nitrogens with zero attached hydrogens (tertiary/aromatic N) is 2. The van der Waals surface area contributed by atoms with E-state index in [1.54, 1.807) is 0 Å². The molecule has 0 amide bonds. The van der Waals surface area contributed by atoms with Crippen LogP contribution in [0.2, 0.25) is 0 Å². The lowest BCUT2D eigenvalue weighted by molar-refractivity contribution is 0.238. The molecule has 0 spiro atoms. The number of hydrogen-bond donors (Lipinski definition) is 1. The summed E-state index contributed by atoms with van der Waals surface area (Å²) in [7, 11) is 0. The summed E-state index contributed by atoms with van der Waals surface area (Å²) < 4.78 is 0. The molecule has 1 N–H and O–H groups in total. The summed E-state index contributed by atoms with van der Waals surface area (Å²) in [5, 5.41) is 4.81. The molecule has 0 aromatic carbocycles. The van der Waals surface area contributed by atoms with Crippen molar-refractivity contribution in [2.75, 3.05) is 24.5 Å². The Kier molecular flexibility index (Phi) is 5.67. The second-order valence-corrected chi connectivity index (χ2v) is 7.78. The Balaban J connectivity index is 2.02. The number of aryl methyl sites for hydroxylation is 1. The van der Waals surface area contributed by atoms with Crippen LogP contribution in [-0.4, -0.2) is 24.6 Å². The van der Waals surface area contributed by atoms with Gasteiger partial charge in [-0.3, -0.25) is 0 Å². The number of nitrogens with one attached hydrogen (secondary N) is 1.